The van der Waals surface area contributed by atoms with Crippen LogP contribution in [0.1, 0.15) is 29.7 Å². The van der Waals surface area contributed by atoms with E-state index in [-0.39, 0.29) is 11.5 Å². The van der Waals surface area contributed by atoms with E-state index in [1.54, 1.807) is 12.5 Å². The summed E-state index contributed by atoms with van der Waals surface area (Å²) in [5.41, 5.74) is 5.77. The lowest BCUT2D eigenvalue weighted by Gasteiger charge is -2.20. The van der Waals surface area contributed by atoms with Crippen LogP contribution in [-0.2, 0) is 0 Å². The smallest absolute Gasteiger partial charge is 0.227 e. The fourth-order valence-corrected chi connectivity index (χ4v) is 4.22. The van der Waals surface area contributed by atoms with Crippen molar-refractivity contribution in [3.05, 3.63) is 106 Å². The molecule has 0 bridgehead atoms. The van der Waals surface area contributed by atoms with Crippen molar-refractivity contribution < 1.29 is 8.83 Å². The van der Waals surface area contributed by atoms with E-state index in [9.17, 15) is 4.79 Å². The second-order valence-corrected chi connectivity index (χ2v) is 8.23. The maximum absolute atomic E-state index is 13.3. The van der Waals surface area contributed by atoms with Crippen molar-refractivity contribution in [1.82, 2.24) is 4.98 Å². The van der Waals surface area contributed by atoms with Gasteiger partial charge in [-0.15, -0.1) is 0 Å². The van der Waals surface area contributed by atoms with Gasteiger partial charge in [0.2, 0.25) is 5.89 Å². The molecule has 2 aromatic heterocycles. The fraction of sp³-hybridized carbons (Fsp3) is 0.143. The summed E-state index contributed by atoms with van der Waals surface area (Å²) in [5.74, 6) is 1.15. The summed E-state index contributed by atoms with van der Waals surface area (Å²) in [5, 5.41) is 4.16. The molecule has 0 radical (unpaired) electrons. The summed E-state index contributed by atoms with van der Waals surface area (Å²) in [6.45, 7) is 5.88. The van der Waals surface area contributed by atoms with E-state index in [2.05, 4.69) is 23.3 Å². The molecular weight excluding hydrogens is 412 g/mol. The van der Waals surface area contributed by atoms with Crippen molar-refractivity contribution in [2.24, 2.45) is 0 Å². The standard InChI is InChI=1S/C28H24N2O3/c1-17-15-22(19(3)30-24-12-8-7-11-21(24)28-29-13-14-32-28)27-23(16-17)25(31)18(2)26(33-27)20-9-5-4-6-10-20/h4-16,19,30H,1-3H3/t19-/m1/s1. The molecule has 0 unspecified atom stereocenters. The minimum atomic E-state index is -0.141. The number of nitrogens with zero attached hydrogens (tertiary/aromatic N) is 1. The fourth-order valence-electron chi connectivity index (χ4n) is 4.22. The molecule has 1 atom stereocenters. The Morgan fingerprint density at radius 2 is 1.73 bits per heavy atom. The number of para-hydroxylation sites is 1. The Morgan fingerprint density at radius 1 is 0.970 bits per heavy atom. The summed E-state index contributed by atoms with van der Waals surface area (Å²) >= 11 is 0. The van der Waals surface area contributed by atoms with Gasteiger partial charge in [0.05, 0.1) is 23.2 Å². The molecule has 0 aliphatic rings. The second kappa shape index (κ2) is 8.43. The molecule has 0 fully saturated rings. The molecular formula is C28H24N2O3. The SMILES string of the molecule is Cc1cc([C@@H](C)Nc2ccccc2-c2ncco2)c2oc(-c3ccccc3)c(C)c(=O)c2c1. The van der Waals surface area contributed by atoms with Gasteiger partial charge in [-0.25, -0.2) is 4.98 Å². The number of aryl methyl sites for hydroxylation is 1. The number of aromatic nitrogens is 1. The average Bonchev–Trinajstić information content (AvgIpc) is 3.37. The Labute approximate surface area is 191 Å². The third kappa shape index (κ3) is 3.82. The first-order valence-corrected chi connectivity index (χ1v) is 10.9. The molecule has 5 nitrogen and oxygen atoms in total. The normalized spacial score (nSPS) is 12.1. The zero-order valence-electron chi connectivity index (χ0n) is 18.8. The van der Waals surface area contributed by atoms with E-state index < -0.39 is 0 Å². The number of benzene rings is 3. The van der Waals surface area contributed by atoms with Crippen LogP contribution in [0.15, 0.2) is 92.8 Å². The topological polar surface area (TPSA) is 68.3 Å². The van der Waals surface area contributed by atoms with Gasteiger partial charge in [-0.1, -0.05) is 48.5 Å². The van der Waals surface area contributed by atoms with Gasteiger partial charge in [0.1, 0.15) is 17.6 Å². The van der Waals surface area contributed by atoms with E-state index >= 15 is 0 Å². The van der Waals surface area contributed by atoms with E-state index in [0.29, 0.717) is 28.2 Å². The van der Waals surface area contributed by atoms with Crippen molar-refractivity contribution in [1.29, 1.82) is 0 Å². The van der Waals surface area contributed by atoms with Crippen LogP contribution in [0.5, 0.6) is 0 Å². The Kier molecular flexibility index (Phi) is 5.31. The van der Waals surface area contributed by atoms with Crippen LogP contribution < -0.4 is 10.7 Å². The summed E-state index contributed by atoms with van der Waals surface area (Å²) in [7, 11) is 0. The van der Waals surface area contributed by atoms with Crippen LogP contribution >= 0.6 is 0 Å². The predicted octanol–water partition coefficient (Wildman–Crippen LogP) is 6.90. The highest BCUT2D eigenvalue weighted by Crippen LogP contribution is 2.34. The van der Waals surface area contributed by atoms with Crippen LogP contribution in [0, 0.1) is 13.8 Å². The third-order valence-electron chi connectivity index (χ3n) is 5.86. The molecule has 0 aliphatic heterocycles. The van der Waals surface area contributed by atoms with Crippen molar-refractivity contribution >= 4 is 16.7 Å². The first kappa shape index (κ1) is 20.8. The second-order valence-electron chi connectivity index (χ2n) is 8.23. The minimum absolute atomic E-state index is 0.00700. The molecule has 33 heavy (non-hydrogen) atoms. The Balaban J connectivity index is 1.64. The van der Waals surface area contributed by atoms with E-state index in [4.69, 9.17) is 8.83 Å². The number of fused-ring (bicyclic) bond motifs is 1. The van der Waals surface area contributed by atoms with Crippen LogP contribution in [-0.4, -0.2) is 4.98 Å². The molecule has 0 aliphatic carbocycles. The first-order chi connectivity index (χ1) is 16.0. The largest absolute Gasteiger partial charge is 0.455 e. The number of oxazole rings is 1. The van der Waals surface area contributed by atoms with Gasteiger partial charge in [-0.2, -0.15) is 0 Å². The zero-order valence-corrected chi connectivity index (χ0v) is 18.8. The molecule has 5 heteroatoms. The molecule has 0 saturated heterocycles. The Bertz CT molecular complexity index is 1490. The van der Waals surface area contributed by atoms with Crippen molar-refractivity contribution in [3.8, 4) is 22.8 Å². The van der Waals surface area contributed by atoms with Gasteiger partial charge >= 0.3 is 0 Å². The Hall–Kier alpha value is -4.12. The third-order valence-corrected chi connectivity index (χ3v) is 5.86. The lowest BCUT2D eigenvalue weighted by molar-refractivity contribution is 0.574. The maximum Gasteiger partial charge on any atom is 0.227 e. The zero-order chi connectivity index (χ0) is 22.9. The average molecular weight is 437 g/mol. The van der Waals surface area contributed by atoms with Crippen molar-refractivity contribution in [2.75, 3.05) is 5.32 Å². The highest BCUT2D eigenvalue weighted by atomic mass is 16.3. The molecule has 5 rings (SSSR count). The minimum Gasteiger partial charge on any atom is -0.455 e. The van der Waals surface area contributed by atoms with Gasteiger partial charge in [-0.3, -0.25) is 4.79 Å². The predicted molar refractivity (Wildman–Crippen MR) is 131 cm³/mol. The lowest BCUT2D eigenvalue weighted by atomic mass is 9.98. The molecule has 2 heterocycles. The van der Waals surface area contributed by atoms with Gasteiger partial charge in [0.25, 0.3) is 0 Å². The molecule has 0 saturated carbocycles. The van der Waals surface area contributed by atoms with Gasteiger partial charge in [-0.05, 0) is 44.5 Å². The number of rotatable bonds is 5. The summed E-state index contributed by atoms with van der Waals surface area (Å²) in [6.07, 6.45) is 3.19. The highest BCUT2D eigenvalue weighted by molar-refractivity contribution is 5.85. The highest BCUT2D eigenvalue weighted by Gasteiger charge is 2.20. The molecule has 3 aromatic carbocycles. The quantitative estimate of drug-likeness (QED) is 0.324. The number of hydrogen-bond acceptors (Lipinski definition) is 5. The first-order valence-electron chi connectivity index (χ1n) is 10.9. The maximum atomic E-state index is 13.3. The molecule has 164 valence electrons. The van der Waals surface area contributed by atoms with E-state index in [1.807, 2.05) is 74.5 Å². The molecule has 5 aromatic rings. The number of nitrogens with one attached hydrogen (secondary N) is 1. The Morgan fingerprint density at radius 3 is 2.48 bits per heavy atom. The molecule has 0 spiro atoms. The number of hydrogen-bond donors (Lipinski definition) is 1. The van der Waals surface area contributed by atoms with E-state index in [1.165, 1.54) is 0 Å². The summed E-state index contributed by atoms with van der Waals surface area (Å²) in [6, 6.07) is 21.5. The lowest BCUT2D eigenvalue weighted by Crippen LogP contribution is -2.12. The van der Waals surface area contributed by atoms with Gasteiger partial charge in [0.15, 0.2) is 5.43 Å². The van der Waals surface area contributed by atoms with Crippen LogP contribution in [0.2, 0.25) is 0 Å². The molecule has 1 N–H and O–H groups in total. The van der Waals surface area contributed by atoms with E-state index in [0.717, 1.165) is 27.9 Å². The monoisotopic (exact) mass is 436 g/mol. The summed E-state index contributed by atoms with van der Waals surface area (Å²) < 4.78 is 12.0. The van der Waals surface area contributed by atoms with Crippen LogP contribution in [0.3, 0.4) is 0 Å². The summed E-state index contributed by atoms with van der Waals surface area (Å²) in [4.78, 5) is 17.6. The van der Waals surface area contributed by atoms with Crippen molar-refractivity contribution in [3.63, 3.8) is 0 Å². The van der Waals surface area contributed by atoms with Gasteiger partial charge in [0, 0.05) is 22.4 Å². The number of anilines is 1. The van der Waals surface area contributed by atoms with Crippen LogP contribution in [0.4, 0.5) is 5.69 Å². The van der Waals surface area contributed by atoms with Crippen molar-refractivity contribution in [2.45, 2.75) is 26.8 Å². The van der Waals surface area contributed by atoms with Crippen LogP contribution in [0.25, 0.3) is 33.7 Å². The molecule has 0 amide bonds. The van der Waals surface area contributed by atoms with Gasteiger partial charge < -0.3 is 14.2 Å².